The molecule has 0 heterocycles. The fraction of sp³-hybridized carbons (Fsp3) is 0.412. The molecule has 0 aliphatic heterocycles. The van der Waals surface area contributed by atoms with Gasteiger partial charge in [-0.2, -0.15) is 0 Å². The maximum absolute atomic E-state index is 15.9. The fourth-order valence-corrected chi connectivity index (χ4v) is 4.30. The van der Waals surface area contributed by atoms with Crippen LogP contribution in [0.4, 0.5) is 9.18 Å². The summed E-state index contributed by atoms with van der Waals surface area (Å²) in [4.78, 5) is 24.7. The molecule has 226 valence electrons. The molecular formula is C34H42FNO6. The summed E-state index contributed by atoms with van der Waals surface area (Å²) in [5.74, 6) is 0.330. The van der Waals surface area contributed by atoms with Gasteiger partial charge in [-0.1, -0.05) is 36.4 Å². The summed E-state index contributed by atoms with van der Waals surface area (Å²) in [5, 5.41) is 2.71. The number of halogens is 1. The molecule has 3 aromatic carbocycles. The largest absolute Gasteiger partial charge is 0.494 e. The van der Waals surface area contributed by atoms with E-state index in [0.717, 1.165) is 5.56 Å². The molecular weight excluding hydrogens is 537 g/mol. The Morgan fingerprint density at radius 3 is 2.24 bits per heavy atom. The minimum atomic E-state index is -0.668. The Morgan fingerprint density at radius 2 is 1.57 bits per heavy atom. The van der Waals surface area contributed by atoms with Gasteiger partial charge in [-0.3, -0.25) is 4.79 Å². The van der Waals surface area contributed by atoms with Crippen molar-refractivity contribution in [2.75, 3.05) is 6.61 Å². The molecule has 3 rings (SSSR count). The van der Waals surface area contributed by atoms with Crippen molar-refractivity contribution in [1.82, 2.24) is 5.32 Å². The van der Waals surface area contributed by atoms with Crippen LogP contribution in [0.3, 0.4) is 0 Å². The lowest BCUT2D eigenvalue weighted by atomic mass is 9.97. The molecule has 0 bridgehead atoms. The van der Waals surface area contributed by atoms with Gasteiger partial charge in [0.2, 0.25) is 0 Å². The van der Waals surface area contributed by atoms with Crippen molar-refractivity contribution in [3.05, 3.63) is 83.2 Å². The van der Waals surface area contributed by atoms with Crippen molar-refractivity contribution in [3.63, 3.8) is 0 Å². The Kier molecular flexibility index (Phi) is 10.6. The van der Waals surface area contributed by atoms with Crippen LogP contribution in [-0.2, 0) is 27.3 Å². The SMILES string of the molecule is CCOc1cc(COc2ccccc2CC(=O)OC(C)(C)C)cc(-c2cccc([C@@H](C)NC(=O)OC(C)(C)C)c2F)c1. The maximum Gasteiger partial charge on any atom is 0.408 e. The molecule has 1 atom stereocenters. The van der Waals surface area contributed by atoms with Crippen molar-refractivity contribution in [3.8, 4) is 22.6 Å². The van der Waals surface area contributed by atoms with Gasteiger partial charge in [0.1, 0.15) is 35.1 Å². The maximum atomic E-state index is 15.9. The van der Waals surface area contributed by atoms with E-state index in [1.807, 2.05) is 58.0 Å². The van der Waals surface area contributed by atoms with Gasteiger partial charge < -0.3 is 24.3 Å². The third-order valence-electron chi connectivity index (χ3n) is 5.94. The van der Waals surface area contributed by atoms with Gasteiger partial charge in [-0.05, 0) is 90.8 Å². The molecule has 0 saturated heterocycles. The lowest BCUT2D eigenvalue weighted by Gasteiger charge is -2.22. The van der Waals surface area contributed by atoms with Gasteiger partial charge in [0.15, 0.2) is 0 Å². The van der Waals surface area contributed by atoms with Crippen molar-refractivity contribution in [1.29, 1.82) is 0 Å². The molecule has 0 aliphatic carbocycles. The van der Waals surface area contributed by atoms with Crippen LogP contribution in [0.15, 0.2) is 60.7 Å². The summed E-state index contributed by atoms with van der Waals surface area (Å²) < 4.78 is 38.6. The number of carbonyl (C=O) groups excluding carboxylic acids is 2. The van der Waals surface area contributed by atoms with Crippen molar-refractivity contribution in [2.45, 2.75) is 85.7 Å². The number of hydrogen-bond donors (Lipinski definition) is 1. The lowest BCUT2D eigenvalue weighted by molar-refractivity contribution is -0.153. The number of benzene rings is 3. The molecule has 0 spiro atoms. The quantitative estimate of drug-likeness (QED) is 0.246. The van der Waals surface area contributed by atoms with Gasteiger partial charge in [-0.25, -0.2) is 9.18 Å². The monoisotopic (exact) mass is 579 g/mol. The number of esters is 1. The number of hydrogen-bond acceptors (Lipinski definition) is 6. The van der Waals surface area contributed by atoms with Crippen LogP contribution in [0.25, 0.3) is 11.1 Å². The number of amides is 1. The second-order valence-corrected chi connectivity index (χ2v) is 12.0. The van der Waals surface area contributed by atoms with Crippen molar-refractivity contribution < 1.29 is 32.9 Å². The molecule has 42 heavy (non-hydrogen) atoms. The molecule has 0 aliphatic rings. The highest BCUT2D eigenvalue weighted by Gasteiger charge is 2.22. The molecule has 8 heteroatoms. The van der Waals surface area contributed by atoms with Crippen LogP contribution in [0.1, 0.15) is 78.1 Å². The minimum Gasteiger partial charge on any atom is -0.494 e. The molecule has 7 nitrogen and oxygen atoms in total. The molecule has 0 fully saturated rings. The van der Waals surface area contributed by atoms with E-state index in [4.69, 9.17) is 18.9 Å². The number of alkyl carbamates (subject to hydrolysis) is 1. The third kappa shape index (κ3) is 9.79. The van der Waals surface area contributed by atoms with E-state index in [0.29, 0.717) is 40.4 Å². The Hall–Kier alpha value is -4.07. The van der Waals surface area contributed by atoms with E-state index in [2.05, 4.69) is 5.32 Å². The van der Waals surface area contributed by atoms with Crippen LogP contribution in [-0.4, -0.2) is 29.9 Å². The molecule has 3 aromatic rings. The second-order valence-electron chi connectivity index (χ2n) is 12.0. The van der Waals surface area contributed by atoms with Gasteiger partial charge in [0.05, 0.1) is 19.1 Å². The van der Waals surface area contributed by atoms with E-state index < -0.39 is 29.2 Å². The molecule has 1 N–H and O–H groups in total. The first-order chi connectivity index (χ1) is 19.6. The zero-order valence-corrected chi connectivity index (χ0v) is 25.8. The van der Waals surface area contributed by atoms with Gasteiger partial charge in [-0.15, -0.1) is 0 Å². The Balaban J connectivity index is 1.86. The van der Waals surface area contributed by atoms with Gasteiger partial charge >= 0.3 is 12.1 Å². The molecule has 0 radical (unpaired) electrons. The Morgan fingerprint density at radius 1 is 0.881 bits per heavy atom. The van der Waals surface area contributed by atoms with E-state index in [1.54, 1.807) is 58.0 Å². The standard InChI is InChI=1S/C34H42FNO6/c1-9-39-26-18-23(21-40-29-16-11-10-13-24(29)20-30(37)41-33(3,4)5)17-25(19-26)28-15-12-14-27(31(28)35)22(2)36-32(38)42-34(6,7)8/h10-19,22H,9,20-21H2,1-8H3,(H,36,38)/t22-/m1/s1. The Bertz CT molecular complexity index is 1390. The normalized spacial score (nSPS) is 12.3. The Labute approximate surface area is 248 Å². The molecule has 0 aromatic heterocycles. The summed E-state index contributed by atoms with van der Waals surface area (Å²) >= 11 is 0. The smallest absolute Gasteiger partial charge is 0.408 e. The van der Waals surface area contributed by atoms with E-state index in [9.17, 15) is 9.59 Å². The highest BCUT2D eigenvalue weighted by atomic mass is 19.1. The van der Waals surface area contributed by atoms with Gasteiger partial charge in [0, 0.05) is 16.7 Å². The van der Waals surface area contributed by atoms with E-state index >= 15 is 4.39 Å². The average Bonchev–Trinajstić information content (AvgIpc) is 2.86. The number of ether oxygens (including phenoxy) is 4. The predicted molar refractivity (Wildman–Crippen MR) is 161 cm³/mol. The summed E-state index contributed by atoms with van der Waals surface area (Å²) in [5.41, 5.74) is 1.50. The fourth-order valence-electron chi connectivity index (χ4n) is 4.30. The van der Waals surface area contributed by atoms with Crippen molar-refractivity contribution >= 4 is 12.1 Å². The van der Waals surface area contributed by atoms with Gasteiger partial charge in [0.25, 0.3) is 0 Å². The summed E-state index contributed by atoms with van der Waals surface area (Å²) in [6, 6.07) is 17.2. The van der Waals surface area contributed by atoms with Crippen LogP contribution >= 0.6 is 0 Å². The first-order valence-corrected chi connectivity index (χ1v) is 14.1. The molecule has 0 unspecified atom stereocenters. The number of nitrogens with one attached hydrogen (secondary N) is 1. The molecule has 0 saturated carbocycles. The topological polar surface area (TPSA) is 83.1 Å². The zero-order valence-electron chi connectivity index (χ0n) is 25.8. The highest BCUT2D eigenvalue weighted by Crippen LogP contribution is 2.32. The number of rotatable bonds is 10. The summed E-state index contributed by atoms with van der Waals surface area (Å²) in [6.07, 6.45) is -0.546. The summed E-state index contributed by atoms with van der Waals surface area (Å²) in [6.45, 7) is 15.0. The first kappa shape index (κ1) is 32.4. The first-order valence-electron chi connectivity index (χ1n) is 14.1. The predicted octanol–water partition coefficient (Wildman–Crippen LogP) is 7.94. The zero-order chi connectivity index (χ0) is 31.1. The van der Waals surface area contributed by atoms with E-state index in [-0.39, 0.29) is 19.0 Å². The van der Waals surface area contributed by atoms with Crippen LogP contribution in [0.5, 0.6) is 11.5 Å². The number of carbonyl (C=O) groups is 2. The van der Waals surface area contributed by atoms with Crippen LogP contribution in [0.2, 0.25) is 0 Å². The van der Waals surface area contributed by atoms with Crippen LogP contribution in [0, 0.1) is 5.82 Å². The minimum absolute atomic E-state index is 0.0746. The van der Waals surface area contributed by atoms with E-state index in [1.165, 1.54) is 0 Å². The average molecular weight is 580 g/mol. The second kappa shape index (κ2) is 13.7. The summed E-state index contributed by atoms with van der Waals surface area (Å²) in [7, 11) is 0. The third-order valence-corrected chi connectivity index (χ3v) is 5.94. The van der Waals surface area contributed by atoms with Crippen LogP contribution < -0.4 is 14.8 Å². The highest BCUT2D eigenvalue weighted by molar-refractivity contribution is 5.74. The van der Waals surface area contributed by atoms with Crippen molar-refractivity contribution in [2.24, 2.45) is 0 Å². The lowest BCUT2D eigenvalue weighted by Crippen LogP contribution is -2.34. The number of para-hydroxylation sites is 1. The molecule has 1 amide bonds.